The maximum atomic E-state index is 12.2. The van der Waals surface area contributed by atoms with E-state index in [0.29, 0.717) is 6.42 Å². The molecule has 0 atom stereocenters. The molecule has 2 aromatic rings. The van der Waals surface area contributed by atoms with Crippen molar-refractivity contribution in [3.8, 4) is 0 Å². The lowest BCUT2D eigenvalue weighted by atomic mass is 10.1. The number of hydrogen-bond acceptors (Lipinski definition) is 4. The smallest absolute Gasteiger partial charge is 0.261 e. The summed E-state index contributed by atoms with van der Waals surface area (Å²) in [5, 5.41) is 0. The fourth-order valence-corrected chi connectivity index (χ4v) is 3.64. The molecule has 1 aliphatic heterocycles. The van der Waals surface area contributed by atoms with E-state index >= 15 is 0 Å². The Kier molecular flexibility index (Phi) is 4.11. The summed E-state index contributed by atoms with van der Waals surface area (Å²) >= 11 is 0. The van der Waals surface area contributed by atoms with Crippen LogP contribution in [-0.2, 0) is 16.4 Å². The third-order valence-electron chi connectivity index (χ3n) is 3.87. The van der Waals surface area contributed by atoms with Gasteiger partial charge in [-0.25, -0.2) is 8.42 Å². The van der Waals surface area contributed by atoms with Gasteiger partial charge in [-0.2, -0.15) is 0 Å². The highest BCUT2D eigenvalue weighted by atomic mass is 32.2. The number of benzene rings is 2. The minimum Gasteiger partial charge on any atom is -0.284 e. The summed E-state index contributed by atoms with van der Waals surface area (Å²) in [5.74, 6) is -0.880. The molecule has 1 N–H and O–H groups in total. The topological polar surface area (TPSA) is 83.6 Å². The van der Waals surface area contributed by atoms with E-state index in [9.17, 15) is 18.0 Å². The number of hydrogen-bond donors (Lipinski definition) is 1. The lowest BCUT2D eigenvalue weighted by molar-refractivity contribution is 0.0693. The molecule has 0 spiro atoms. The van der Waals surface area contributed by atoms with E-state index < -0.39 is 15.9 Å². The molecule has 7 heteroatoms. The molecule has 1 heterocycles. The first-order valence-corrected chi connectivity index (χ1v) is 9.03. The van der Waals surface area contributed by atoms with Crippen LogP contribution in [0.2, 0.25) is 0 Å². The number of aryl methyl sites for hydroxylation is 1. The maximum Gasteiger partial charge on any atom is 0.261 e. The van der Waals surface area contributed by atoms with Crippen molar-refractivity contribution in [1.82, 2.24) is 4.90 Å². The van der Waals surface area contributed by atoms with Crippen LogP contribution in [0.1, 0.15) is 26.3 Å². The fraction of sp³-hybridized carbons (Fsp3) is 0.176. The molecular formula is C17H16N2O4S. The number of sulfonamides is 1. The zero-order chi connectivity index (χ0) is 17.3. The van der Waals surface area contributed by atoms with Crippen LogP contribution in [0.4, 0.5) is 5.69 Å². The van der Waals surface area contributed by atoms with Crippen LogP contribution in [0.5, 0.6) is 0 Å². The highest BCUT2D eigenvalue weighted by Crippen LogP contribution is 2.25. The third-order valence-corrected chi connectivity index (χ3v) is 5.15. The SMILES string of the molecule is CN1C(=O)c2ccc(NS(=O)(=O)CCc3ccccc3)cc2C1=O. The summed E-state index contributed by atoms with van der Waals surface area (Å²) < 4.78 is 26.9. The standard InChI is InChI=1S/C17H16N2O4S/c1-19-16(20)14-8-7-13(11-15(14)17(19)21)18-24(22,23)10-9-12-5-3-2-4-6-12/h2-8,11,18H,9-10H2,1H3. The van der Waals surface area contributed by atoms with E-state index in [2.05, 4.69) is 4.72 Å². The molecule has 3 rings (SSSR count). The van der Waals surface area contributed by atoms with Gasteiger partial charge in [0.15, 0.2) is 0 Å². The predicted octanol–water partition coefficient (Wildman–Crippen LogP) is 1.90. The van der Waals surface area contributed by atoms with Crippen molar-refractivity contribution >= 4 is 27.5 Å². The van der Waals surface area contributed by atoms with Gasteiger partial charge in [-0.15, -0.1) is 0 Å². The molecule has 0 fully saturated rings. The third kappa shape index (κ3) is 3.16. The number of anilines is 1. The van der Waals surface area contributed by atoms with E-state index in [4.69, 9.17) is 0 Å². The fourth-order valence-electron chi connectivity index (χ4n) is 2.55. The average Bonchev–Trinajstić information content (AvgIpc) is 2.78. The molecule has 2 amide bonds. The number of fused-ring (bicyclic) bond motifs is 1. The molecule has 0 radical (unpaired) electrons. The van der Waals surface area contributed by atoms with Crippen molar-refractivity contribution in [2.24, 2.45) is 0 Å². The summed E-state index contributed by atoms with van der Waals surface area (Å²) in [6, 6.07) is 13.7. The van der Waals surface area contributed by atoms with Crippen molar-refractivity contribution < 1.29 is 18.0 Å². The van der Waals surface area contributed by atoms with E-state index in [0.717, 1.165) is 10.5 Å². The lowest BCUT2D eigenvalue weighted by Gasteiger charge is -2.09. The van der Waals surface area contributed by atoms with E-state index in [1.165, 1.54) is 25.2 Å². The first-order chi connectivity index (χ1) is 11.4. The molecule has 0 aliphatic carbocycles. The largest absolute Gasteiger partial charge is 0.284 e. The maximum absolute atomic E-state index is 12.2. The Morgan fingerprint density at radius 2 is 1.62 bits per heavy atom. The highest BCUT2D eigenvalue weighted by molar-refractivity contribution is 7.92. The zero-order valence-electron chi connectivity index (χ0n) is 13.0. The Balaban J connectivity index is 1.74. The molecule has 0 saturated heterocycles. The molecule has 0 aromatic heterocycles. The number of nitrogens with zero attached hydrogens (tertiary/aromatic N) is 1. The second-order valence-electron chi connectivity index (χ2n) is 5.59. The molecule has 1 aliphatic rings. The number of rotatable bonds is 5. The van der Waals surface area contributed by atoms with Gasteiger partial charge >= 0.3 is 0 Å². The van der Waals surface area contributed by atoms with Crippen LogP contribution in [-0.4, -0.2) is 37.9 Å². The normalized spacial score (nSPS) is 14.0. The summed E-state index contributed by atoms with van der Waals surface area (Å²) in [6.45, 7) is 0. The molecular weight excluding hydrogens is 328 g/mol. The molecule has 24 heavy (non-hydrogen) atoms. The van der Waals surface area contributed by atoms with Crippen LogP contribution < -0.4 is 4.72 Å². The van der Waals surface area contributed by atoms with Crippen molar-refractivity contribution in [2.45, 2.75) is 6.42 Å². The van der Waals surface area contributed by atoms with Gasteiger partial charge in [-0.3, -0.25) is 19.2 Å². The second kappa shape index (κ2) is 6.09. The molecule has 0 bridgehead atoms. The lowest BCUT2D eigenvalue weighted by Crippen LogP contribution is -2.24. The van der Waals surface area contributed by atoms with E-state index in [-0.39, 0.29) is 28.5 Å². The van der Waals surface area contributed by atoms with Crippen molar-refractivity contribution in [1.29, 1.82) is 0 Å². The van der Waals surface area contributed by atoms with Crippen LogP contribution in [0.15, 0.2) is 48.5 Å². The Hall–Kier alpha value is -2.67. The van der Waals surface area contributed by atoms with Gasteiger partial charge in [0.1, 0.15) is 0 Å². The molecule has 0 unspecified atom stereocenters. The first-order valence-electron chi connectivity index (χ1n) is 7.38. The highest BCUT2D eigenvalue weighted by Gasteiger charge is 2.32. The van der Waals surface area contributed by atoms with Gasteiger partial charge in [-0.05, 0) is 30.2 Å². The Morgan fingerprint density at radius 1 is 0.958 bits per heavy atom. The molecule has 6 nitrogen and oxygen atoms in total. The number of carbonyl (C=O) groups excluding carboxylic acids is 2. The van der Waals surface area contributed by atoms with Crippen LogP contribution in [0.3, 0.4) is 0 Å². The number of imide groups is 1. The predicted molar refractivity (Wildman–Crippen MR) is 90.4 cm³/mol. The van der Waals surface area contributed by atoms with Crippen LogP contribution >= 0.6 is 0 Å². The first kappa shape index (κ1) is 16.2. The Labute approximate surface area is 140 Å². The quantitative estimate of drug-likeness (QED) is 0.840. The van der Waals surface area contributed by atoms with Crippen LogP contribution in [0.25, 0.3) is 0 Å². The van der Waals surface area contributed by atoms with Gasteiger partial charge in [0.2, 0.25) is 10.0 Å². The minimum atomic E-state index is -3.55. The van der Waals surface area contributed by atoms with Crippen molar-refractivity contribution in [3.05, 3.63) is 65.2 Å². The van der Waals surface area contributed by atoms with Gasteiger partial charge < -0.3 is 0 Å². The average molecular weight is 344 g/mol. The molecule has 2 aromatic carbocycles. The second-order valence-corrected chi connectivity index (χ2v) is 7.43. The number of carbonyl (C=O) groups is 2. The number of nitrogens with one attached hydrogen (secondary N) is 1. The summed E-state index contributed by atoms with van der Waals surface area (Å²) in [4.78, 5) is 24.8. The van der Waals surface area contributed by atoms with Crippen molar-refractivity contribution in [2.75, 3.05) is 17.5 Å². The van der Waals surface area contributed by atoms with E-state index in [1.807, 2.05) is 30.3 Å². The van der Waals surface area contributed by atoms with Gasteiger partial charge in [0.25, 0.3) is 11.8 Å². The summed E-state index contributed by atoms with van der Waals surface area (Å²) in [5.41, 5.74) is 1.71. The molecule has 124 valence electrons. The van der Waals surface area contributed by atoms with Gasteiger partial charge in [0.05, 0.1) is 16.9 Å². The Morgan fingerprint density at radius 3 is 2.33 bits per heavy atom. The Bertz CT molecular complexity index is 907. The van der Waals surface area contributed by atoms with Gasteiger partial charge in [0, 0.05) is 12.7 Å². The monoisotopic (exact) mass is 344 g/mol. The van der Waals surface area contributed by atoms with Crippen molar-refractivity contribution in [3.63, 3.8) is 0 Å². The summed E-state index contributed by atoms with van der Waals surface area (Å²) in [7, 11) is -2.16. The molecule has 0 saturated carbocycles. The number of amides is 2. The summed E-state index contributed by atoms with van der Waals surface area (Å²) in [6.07, 6.45) is 0.390. The van der Waals surface area contributed by atoms with E-state index in [1.54, 1.807) is 0 Å². The van der Waals surface area contributed by atoms with Crippen LogP contribution in [0, 0.1) is 0 Å². The van der Waals surface area contributed by atoms with Gasteiger partial charge in [-0.1, -0.05) is 30.3 Å². The zero-order valence-corrected chi connectivity index (χ0v) is 13.8. The minimum absolute atomic E-state index is 0.0686.